The lowest BCUT2D eigenvalue weighted by atomic mass is 9.75. The predicted octanol–water partition coefficient (Wildman–Crippen LogP) is 3.89. The van der Waals surface area contributed by atoms with E-state index in [2.05, 4.69) is 50.4 Å². The molecule has 1 saturated carbocycles. The van der Waals surface area contributed by atoms with Crippen LogP contribution in [0.3, 0.4) is 0 Å². The third-order valence-corrected chi connectivity index (χ3v) is 5.19. The molecular weight excluding hydrogens is 274 g/mol. The van der Waals surface area contributed by atoms with Crippen molar-refractivity contribution in [2.24, 2.45) is 23.2 Å². The van der Waals surface area contributed by atoms with Gasteiger partial charge in [-0.1, -0.05) is 32.9 Å². The number of fused-ring (bicyclic) bond motifs is 1. The Kier molecular flexibility index (Phi) is 4.16. The summed E-state index contributed by atoms with van der Waals surface area (Å²) in [6, 6.07) is 8.57. The van der Waals surface area contributed by atoms with Crippen LogP contribution in [0.15, 0.2) is 24.3 Å². The molecule has 2 fully saturated rings. The maximum absolute atomic E-state index is 12.3. The molecule has 1 saturated heterocycles. The van der Waals surface area contributed by atoms with Crippen molar-refractivity contribution in [3.05, 3.63) is 29.8 Å². The number of nitrogens with one attached hydrogen (secondary N) is 1. The van der Waals surface area contributed by atoms with Crippen LogP contribution in [0.5, 0.6) is 0 Å². The molecule has 0 bridgehead atoms. The maximum atomic E-state index is 12.3. The van der Waals surface area contributed by atoms with E-state index in [1.807, 2.05) is 0 Å². The lowest BCUT2D eigenvalue weighted by molar-refractivity contribution is -0.146. The van der Waals surface area contributed by atoms with Crippen molar-refractivity contribution in [2.75, 3.05) is 18.5 Å². The summed E-state index contributed by atoms with van der Waals surface area (Å²) in [5.74, 6) is 1.70. The highest BCUT2D eigenvalue weighted by Crippen LogP contribution is 2.52. The van der Waals surface area contributed by atoms with Crippen molar-refractivity contribution in [3.8, 4) is 0 Å². The van der Waals surface area contributed by atoms with Crippen molar-refractivity contribution < 1.29 is 9.53 Å². The number of cyclic esters (lactones) is 1. The molecule has 3 rings (SSSR count). The van der Waals surface area contributed by atoms with Gasteiger partial charge in [-0.3, -0.25) is 4.79 Å². The highest BCUT2D eigenvalue weighted by molar-refractivity contribution is 5.80. The number of rotatable bonds is 5. The van der Waals surface area contributed by atoms with Gasteiger partial charge < -0.3 is 10.1 Å². The number of carbonyl (C=O) groups is 1. The summed E-state index contributed by atoms with van der Waals surface area (Å²) >= 11 is 0. The normalized spacial score (nSPS) is 30.5. The fraction of sp³-hybridized carbons (Fsp3) is 0.632. The molecule has 1 heterocycles. The van der Waals surface area contributed by atoms with E-state index >= 15 is 0 Å². The average Bonchev–Trinajstić information content (AvgIpc) is 2.94. The summed E-state index contributed by atoms with van der Waals surface area (Å²) in [7, 11) is 0. The minimum absolute atomic E-state index is 0.0314. The molecule has 1 aromatic rings. The van der Waals surface area contributed by atoms with E-state index in [9.17, 15) is 4.79 Å². The van der Waals surface area contributed by atoms with Gasteiger partial charge in [0.25, 0.3) is 0 Å². The van der Waals surface area contributed by atoms with E-state index in [0.29, 0.717) is 24.4 Å². The zero-order valence-corrected chi connectivity index (χ0v) is 13.9. The van der Waals surface area contributed by atoms with Gasteiger partial charge in [-0.15, -0.1) is 0 Å². The molecular formula is C19H27NO2. The standard InChI is InChI=1S/C19H27NO2/c1-13(2)11-20-17-6-4-15(5-7-17)10-19-9-14(3)8-16(19)12-22-18(19)21/h4-7,13-14,16,20H,8-12H2,1-3H3. The Labute approximate surface area is 133 Å². The van der Waals surface area contributed by atoms with Crippen LogP contribution >= 0.6 is 0 Å². The van der Waals surface area contributed by atoms with Crippen LogP contribution in [-0.2, 0) is 16.0 Å². The topological polar surface area (TPSA) is 38.3 Å². The molecule has 0 radical (unpaired) electrons. The third kappa shape index (κ3) is 2.86. The largest absolute Gasteiger partial charge is 0.465 e. The lowest BCUT2D eigenvalue weighted by Crippen LogP contribution is -2.31. The highest BCUT2D eigenvalue weighted by atomic mass is 16.5. The van der Waals surface area contributed by atoms with Gasteiger partial charge >= 0.3 is 5.97 Å². The molecule has 22 heavy (non-hydrogen) atoms. The smallest absolute Gasteiger partial charge is 0.312 e. The number of carbonyl (C=O) groups excluding carboxylic acids is 1. The van der Waals surface area contributed by atoms with Gasteiger partial charge in [0.1, 0.15) is 0 Å². The predicted molar refractivity (Wildman–Crippen MR) is 88.8 cm³/mol. The van der Waals surface area contributed by atoms with E-state index < -0.39 is 0 Å². The molecule has 3 unspecified atom stereocenters. The first-order valence-electron chi connectivity index (χ1n) is 8.49. The quantitative estimate of drug-likeness (QED) is 0.839. The molecule has 2 aliphatic rings. The summed E-state index contributed by atoms with van der Waals surface area (Å²) in [4.78, 5) is 12.3. The van der Waals surface area contributed by atoms with Gasteiger partial charge in [0.2, 0.25) is 0 Å². The minimum atomic E-state index is -0.258. The molecule has 0 spiro atoms. The molecule has 1 aromatic carbocycles. The van der Waals surface area contributed by atoms with Crippen LogP contribution in [0, 0.1) is 23.2 Å². The number of hydrogen-bond acceptors (Lipinski definition) is 3. The summed E-state index contributed by atoms with van der Waals surface area (Å²) < 4.78 is 5.38. The molecule has 0 aromatic heterocycles. The Bertz CT molecular complexity index is 537. The van der Waals surface area contributed by atoms with Crippen LogP contribution in [0.1, 0.15) is 39.2 Å². The first-order chi connectivity index (χ1) is 10.5. The summed E-state index contributed by atoms with van der Waals surface area (Å²) in [6.07, 6.45) is 2.93. The average molecular weight is 301 g/mol. The van der Waals surface area contributed by atoms with Crippen molar-refractivity contribution in [2.45, 2.75) is 40.0 Å². The zero-order valence-electron chi connectivity index (χ0n) is 13.9. The highest BCUT2D eigenvalue weighted by Gasteiger charge is 2.56. The van der Waals surface area contributed by atoms with Gasteiger partial charge in [-0.05, 0) is 48.8 Å². The number of ether oxygens (including phenoxy) is 1. The molecule has 0 amide bonds. The van der Waals surface area contributed by atoms with E-state index in [1.165, 1.54) is 5.56 Å². The van der Waals surface area contributed by atoms with E-state index in [1.54, 1.807) is 0 Å². The Morgan fingerprint density at radius 3 is 2.73 bits per heavy atom. The molecule has 1 aliphatic carbocycles. The van der Waals surface area contributed by atoms with Gasteiger partial charge in [0, 0.05) is 18.2 Å². The zero-order chi connectivity index (χ0) is 15.7. The molecule has 3 atom stereocenters. The summed E-state index contributed by atoms with van der Waals surface area (Å²) in [5, 5.41) is 3.43. The minimum Gasteiger partial charge on any atom is -0.465 e. The Morgan fingerprint density at radius 2 is 2.05 bits per heavy atom. The number of esters is 1. The number of hydrogen-bond donors (Lipinski definition) is 1. The number of anilines is 1. The lowest BCUT2D eigenvalue weighted by Gasteiger charge is -2.24. The van der Waals surface area contributed by atoms with Gasteiger partial charge in [0.05, 0.1) is 12.0 Å². The van der Waals surface area contributed by atoms with E-state index in [4.69, 9.17) is 4.74 Å². The molecule has 1 aliphatic heterocycles. The fourth-order valence-electron chi connectivity index (χ4n) is 4.10. The molecule has 3 nitrogen and oxygen atoms in total. The van der Waals surface area contributed by atoms with Crippen molar-refractivity contribution in [3.63, 3.8) is 0 Å². The van der Waals surface area contributed by atoms with Gasteiger partial charge in [-0.25, -0.2) is 0 Å². The first kappa shape index (κ1) is 15.4. The maximum Gasteiger partial charge on any atom is 0.312 e. The third-order valence-electron chi connectivity index (χ3n) is 5.19. The Hall–Kier alpha value is -1.51. The first-order valence-corrected chi connectivity index (χ1v) is 8.49. The Morgan fingerprint density at radius 1 is 1.32 bits per heavy atom. The fourth-order valence-corrected chi connectivity index (χ4v) is 4.10. The molecule has 120 valence electrons. The molecule has 1 N–H and O–H groups in total. The molecule has 3 heteroatoms. The van der Waals surface area contributed by atoms with Crippen LogP contribution in [0.2, 0.25) is 0 Å². The van der Waals surface area contributed by atoms with Crippen LogP contribution in [0.4, 0.5) is 5.69 Å². The van der Waals surface area contributed by atoms with Gasteiger partial charge in [-0.2, -0.15) is 0 Å². The van der Waals surface area contributed by atoms with E-state index in [0.717, 1.165) is 31.5 Å². The van der Waals surface area contributed by atoms with Crippen LogP contribution in [0.25, 0.3) is 0 Å². The second kappa shape index (κ2) is 5.94. The van der Waals surface area contributed by atoms with Gasteiger partial charge in [0.15, 0.2) is 0 Å². The van der Waals surface area contributed by atoms with Crippen LogP contribution < -0.4 is 5.32 Å². The summed E-state index contributed by atoms with van der Waals surface area (Å²) in [5.41, 5.74) is 2.14. The second-order valence-electron chi connectivity index (χ2n) is 7.64. The van der Waals surface area contributed by atoms with Crippen molar-refractivity contribution in [1.29, 1.82) is 0 Å². The van der Waals surface area contributed by atoms with Crippen LogP contribution in [-0.4, -0.2) is 19.1 Å². The second-order valence-corrected chi connectivity index (χ2v) is 7.64. The Balaban J connectivity index is 1.71. The SMILES string of the molecule is CC(C)CNc1ccc(CC23CC(C)CC2COC3=O)cc1. The summed E-state index contributed by atoms with van der Waals surface area (Å²) in [6.45, 7) is 8.26. The van der Waals surface area contributed by atoms with Crippen molar-refractivity contribution >= 4 is 11.7 Å². The number of benzene rings is 1. The van der Waals surface area contributed by atoms with Crippen molar-refractivity contribution in [1.82, 2.24) is 0 Å². The van der Waals surface area contributed by atoms with E-state index in [-0.39, 0.29) is 11.4 Å². The monoisotopic (exact) mass is 301 g/mol.